The third-order valence-corrected chi connectivity index (χ3v) is 3.23. The van der Waals surface area contributed by atoms with Crippen molar-refractivity contribution in [2.45, 2.75) is 6.42 Å². The van der Waals surface area contributed by atoms with Gasteiger partial charge in [-0.25, -0.2) is 0 Å². The summed E-state index contributed by atoms with van der Waals surface area (Å²) < 4.78 is 0. The second-order valence-corrected chi connectivity index (χ2v) is 4.83. The van der Waals surface area contributed by atoms with Gasteiger partial charge in [0.2, 0.25) is 0 Å². The van der Waals surface area contributed by atoms with E-state index in [2.05, 4.69) is 16.7 Å². The summed E-state index contributed by atoms with van der Waals surface area (Å²) in [5.41, 5.74) is 2.07. The van der Waals surface area contributed by atoms with Crippen LogP contribution in [0.15, 0.2) is 48.5 Å². The highest BCUT2D eigenvalue weighted by Crippen LogP contribution is 2.14. The Kier molecular flexibility index (Phi) is 5.19. The molecule has 0 aliphatic heterocycles. The number of hydrogen-bond acceptors (Lipinski definition) is 1. The lowest BCUT2D eigenvalue weighted by Gasteiger charge is -2.10. The molecular weight excluding hydrogens is 276 g/mol. The predicted molar refractivity (Wildman–Crippen MR) is 84.7 cm³/mol. The molecule has 0 heterocycles. The molecule has 0 atom stereocenters. The molecule has 0 spiro atoms. The summed E-state index contributed by atoms with van der Waals surface area (Å²) in [5.74, 6) is 0. The Morgan fingerprint density at radius 2 is 1.89 bits per heavy atom. The first-order chi connectivity index (χ1) is 9.25. The van der Waals surface area contributed by atoms with E-state index in [-0.39, 0.29) is 0 Å². The Morgan fingerprint density at radius 1 is 1.16 bits per heavy atom. The zero-order valence-corrected chi connectivity index (χ0v) is 11.9. The summed E-state index contributed by atoms with van der Waals surface area (Å²) in [6.07, 6.45) is 0.837. The molecule has 0 bridgehead atoms. The Balaban J connectivity index is 1.77. The largest absolute Gasteiger partial charge is 0.362 e. The highest BCUT2D eigenvalue weighted by molar-refractivity contribution is 7.80. The van der Waals surface area contributed by atoms with Gasteiger partial charge in [0.25, 0.3) is 0 Å². The Morgan fingerprint density at radius 3 is 2.63 bits per heavy atom. The lowest BCUT2D eigenvalue weighted by atomic mass is 10.1. The number of rotatable bonds is 4. The summed E-state index contributed by atoms with van der Waals surface area (Å²) in [4.78, 5) is 0. The minimum atomic E-state index is 0.609. The lowest BCUT2D eigenvalue weighted by Crippen LogP contribution is -2.30. The van der Waals surface area contributed by atoms with Gasteiger partial charge in [-0.15, -0.1) is 0 Å². The smallest absolute Gasteiger partial charge is 0.170 e. The normalized spacial score (nSPS) is 9.95. The van der Waals surface area contributed by atoms with Gasteiger partial charge < -0.3 is 10.6 Å². The molecule has 4 heteroatoms. The fourth-order valence-electron chi connectivity index (χ4n) is 1.66. The molecule has 2 aromatic carbocycles. The third kappa shape index (κ3) is 4.54. The molecule has 2 N–H and O–H groups in total. The third-order valence-electron chi connectivity index (χ3n) is 2.61. The van der Waals surface area contributed by atoms with Crippen LogP contribution in [-0.4, -0.2) is 11.7 Å². The zero-order chi connectivity index (χ0) is 13.5. The number of benzene rings is 2. The van der Waals surface area contributed by atoms with Crippen LogP contribution in [0.4, 0.5) is 5.69 Å². The van der Waals surface area contributed by atoms with Gasteiger partial charge in [-0.05, 0) is 48.5 Å². The summed E-state index contributed by atoms with van der Waals surface area (Å²) in [7, 11) is 0. The minimum absolute atomic E-state index is 0.609. The van der Waals surface area contributed by atoms with Gasteiger partial charge in [0.1, 0.15) is 0 Å². The average Bonchev–Trinajstić information content (AvgIpc) is 2.42. The fraction of sp³-hybridized carbons (Fsp3) is 0.133. The van der Waals surface area contributed by atoms with E-state index in [0.29, 0.717) is 5.11 Å². The number of thiocarbonyl (C=S) groups is 1. The maximum Gasteiger partial charge on any atom is 0.170 e. The van der Waals surface area contributed by atoms with Gasteiger partial charge in [-0.3, -0.25) is 0 Å². The van der Waals surface area contributed by atoms with E-state index in [4.69, 9.17) is 23.8 Å². The number of halogens is 1. The molecule has 0 aromatic heterocycles. The summed E-state index contributed by atoms with van der Waals surface area (Å²) >= 11 is 11.3. The van der Waals surface area contributed by atoms with E-state index in [9.17, 15) is 0 Å². The molecule has 0 saturated heterocycles. The first kappa shape index (κ1) is 13.8. The molecule has 19 heavy (non-hydrogen) atoms. The van der Waals surface area contributed by atoms with Crippen LogP contribution in [0.2, 0.25) is 5.02 Å². The molecule has 97 valence electrons. The van der Waals surface area contributed by atoms with Crippen LogP contribution >= 0.6 is 23.8 Å². The van der Waals surface area contributed by atoms with Crippen molar-refractivity contribution in [3.8, 4) is 0 Å². The Hall–Kier alpha value is -1.58. The van der Waals surface area contributed by atoms with Crippen LogP contribution in [0, 0.1) is 6.07 Å². The highest BCUT2D eigenvalue weighted by Gasteiger charge is 2.00. The minimum Gasteiger partial charge on any atom is -0.362 e. The van der Waals surface area contributed by atoms with E-state index >= 15 is 0 Å². The average molecular weight is 290 g/mol. The molecule has 0 aliphatic rings. The molecule has 0 fully saturated rings. The van der Waals surface area contributed by atoms with E-state index in [1.54, 1.807) is 0 Å². The monoisotopic (exact) mass is 289 g/mol. The van der Waals surface area contributed by atoms with Gasteiger partial charge in [-0.1, -0.05) is 41.9 Å². The molecule has 2 nitrogen and oxygen atoms in total. The predicted octanol–water partition coefficient (Wildman–Crippen LogP) is 3.67. The zero-order valence-electron chi connectivity index (χ0n) is 10.3. The fourth-order valence-corrected chi connectivity index (χ4v) is 2.11. The Labute approximate surface area is 123 Å². The van der Waals surface area contributed by atoms with Gasteiger partial charge in [0.15, 0.2) is 5.11 Å². The van der Waals surface area contributed by atoms with Crippen molar-refractivity contribution in [1.29, 1.82) is 0 Å². The number of hydrogen-bond donors (Lipinski definition) is 2. The molecule has 2 rings (SSSR count). The van der Waals surface area contributed by atoms with Crippen LogP contribution < -0.4 is 10.6 Å². The molecule has 1 radical (unpaired) electrons. The molecule has 0 saturated carbocycles. The maximum absolute atomic E-state index is 6.09. The van der Waals surface area contributed by atoms with Crippen molar-refractivity contribution >= 4 is 34.6 Å². The van der Waals surface area contributed by atoms with E-state index in [0.717, 1.165) is 29.2 Å². The quantitative estimate of drug-likeness (QED) is 0.840. The van der Waals surface area contributed by atoms with E-state index in [1.165, 1.54) is 0 Å². The van der Waals surface area contributed by atoms with Gasteiger partial charge in [-0.2, -0.15) is 0 Å². The van der Waals surface area contributed by atoms with Crippen molar-refractivity contribution in [2.75, 3.05) is 11.9 Å². The standard InChI is InChI=1S/C15H14ClN2S/c16-14-9-5-4-6-12(14)10-11-17-15(19)18-13-7-2-1-3-8-13/h2-9H,10-11H2,(H2,17,18,19). The van der Waals surface area contributed by atoms with Gasteiger partial charge in [0.05, 0.1) is 0 Å². The molecule has 0 unspecified atom stereocenters. The van der Waals surface area contributed by atoms with Crippen LogP contribution in [0.3, 0.4) is 0 Å². The highest BCUT2D eigenvalue weighted by atomic mass is 35.5. The first-order valence-corrected chi connectivity index (χ1v) is 6.79. The van der Waals surface area contributed by atoms with Crippen molar-refractivity contribution in [2.24, 2.45) is 0 Å². The van der Waals surface area contributed by atoms with Crippen LogP contribution in [-0.2, 0) is 6.42 Å². The van der Waals surface area contributed by atoms with Crippen LogP contribution in [0.1, 0.15) is 5.56 Å². The topological polar surface area (TPSA) is 24.1 Å². The van der Waals surface area contributed by atoms with Crippen molar-refractivity contribution in [1.82, 2.24) is 5.32 Å². The van der Waals surface area contributed by atoms with Crippen LogP contribution in [0.25, 0.3) is 0 Å². The van der Waals surface area contributed by atoms with E-state index in [1.807, 2.05) is 48.5 Å². The van der Waals surface area contributed by atoms with Gasteiger partial charge >= 0.3 is 0 Å². The van der Waals surface area contributed by atoms with Crippen molar-refractivity contribution < 1.29 is 0 Å². The van der Waals surface area contributed by atoms with Crippen LogP contribution in [0.5, 0.6) is 0 Å². The van der Waals surface area contributed by atoms with Crippen molar-refractivity contribution in [3.63, 3.8) is 0 Å². The lowest BCUT2D eigenvalue weighted by molar-refractivity contribution is 0.873. The van der Waals surface area contributed by atoms with E-state index < -0.39 is 0 Å². The maximum atomic E-state index is 6.09. The SMILES string of the molecule is S=C(NCCc1ccccc1Cl)Nc1cc[c]cc1. The summed E-state index contributed by atoms with van der Waals surface area (Å²) in [6.45, 7) is 0.745. The molecule has 0 amide bonds. The van der Waals surface area contributed by atoms with Gasteiger partial charge in [0, 0.05) is 17.3 Å². The molecule has 0 aliphatic carbocycles. The molecule has 2 aromatic rings. The van der Waals surface area contributed by atoms with Crippen molar-refractivity contribution in [3.05, 3.63) is 65.2 Å². The second kappa shape index (κ2) is 7.12. The number of nitrogens with one attached hydrogen (secondary N) is 2. The first-order valence-electron chi connectivity index (χ1n) is 6.00. The summed E-state index contributed by atoms with van der Waals surface area (Å²) in [6, 6.07) is 18.3. The Bertz CT molecular complexity index is 543. The molecular formula is C15H14ClN2S. The number of anilines is 1. The second-order valence-electron chi connectivity index (χ2n) is 4.01. The summed E-state index contributed by atoms with van der Waals surface area (Å²) in [5, 5.41) is 7.67.